The van der Waals surface area contributed by atoms with E-state index in [2.05, 4.69) is 5.32 Å². The summed E-state index contributed by atoms with van der Waals surface area (Å²) in [5.74, 6) is 0. The molecule has 1 N–H and O–H groups in total. The molecule has 98 valence electrons. The molecule has 0 fully saturated rings. The molecule has 1 heterocycles. The van der Waals surface area contributed by atoms with E-state index in [-0.39, 0.29) is 12.1 Å². The van der Waals surface area contributed by atoms with Crippen molar-refractivity contribution in [2.75, 3.05) is 0 Å². The molecule has 0 saturated heterocycles. The summed E-state index contributed by atoms with van der Waals surface area (Å²) in [7, 11) is 0. The monoisotopic (exact) mass is 248 g/mol. The van der Waals surface area contributed by atoms with Gasteiger partial charge in [0.05, 0.1) is 6.42 Å². The summed E-state index contributed by atoms with van der Waals surface area (Å²) >= 11 is 0. The Labute approximate surface area is 99.8 Å². The van der Waals surface area contributed by atoms with Crippen LogP contribution in [0.5, 0.6) is 0 Å². The predicted molar refractivity (Wildman–Crippen MR) is 61.7 cm³/mol. The standard InChI is InChI=1S/C12H19F3N2/c1-11(2,3)16-8-10-4-6-17(9-10)7-5-12(13,14)15/h4,6,9,16H,5,7-8H2,1-3H3. The molecule has 0 saturated carbocycles. The summed E-state index contributed by atoms with van der Waals surface area (Å²) in [5.41, 5.74) is 1.01. The van der Waals surface area contributed by atoms with Crippen molar-refractivity contribution in [1.82, 2.24) is 9.88 Å². The first-order valence-corrected chi connectivity index (χ1v) is 5.62. The first-order chi connectivity index (χ1) is 7.66. The van der Waals surface area contributed by atoms with E-state index < -0.39 is 12.6 Å². The molecule has 0 aromatic carbocycles. The van der Waals surface area contributed by atoms with Gasteiger partial charge in [-0.1, -0.05) is 0 Å². The third-order valence-corrected chi connectivity index (χ3v) is 2.29. The van der Waals surface area contributed by atoms with Gasteiger partial charge in [0.25, 0.3) is 0 Å². The van der Waals surface area contributed by atoms with Gasteiger partial charge in [-0.3, -0.25) is 0 Å². The average Bonchev–Trinajstić information content (AvgIpc) is 2.57. The van der Waals surface area contributed by atoms with Gasteiger partial charge in [-0.15, -0.1) is 0 Å². The number of aryl methyl sites for hydroxylation is 1. The van der Waals surface area contributed by atoms with E-state index in [0.29, 0.717) is 6.54 Å². The van der Waals surface area contributed by atoms with Crippen LogP contribution in [0.3, 0.4) is 0 Å². The molecule has 0 atom stereocenters. The Morgan fingerprint density at radius 3 is 2.41 bits per heavy atom. The Morgan fingerprint density at radius 2 is 1.88 bits per heavy atom. The first kappa shape index (κ1) is 14.1. The van der Waals surface area contributed by atoms with Crippen LogP contribution in [0.25, 0.3) is 0 Å². The van der Waals surface area contributed by atoms with Crippen molar-refractivity contribution >= 4 is 0 Å². The lowest BCUT2D eigenvalue weighted by Gasteiger charge is -2.19. The normalized spacial score (nSPS) is 13.1. The number of halogens is 3. The number of nitrogens with one attached hydrogen (secondary N) is 1. The van der Waals surface area contributed by atoms with E-state index in [4.69, 9.17) is 0 Å². The highest BCUT2D eigenvalue weighted by Crippen LogP contribution is 2.20. The lowest BCUT2D eigenvalue weighted by Crippen LogP contribution is -2.34. The predicted octanol–water partition coefficient (Wildman–Crippen LogP) is 3.33. The number of hydrogen-bond donors (Lipinski definition) is 1. The molecule has 1 aromatic rings. The fraction of sp³-hybridized carbons (Fsp3) is 0.667. The summed E-state index contributed by atoms with van der Waals surface area (Å²) < 4.78 is 37.7. The van der Waals surface area contributed by atoms with Gasteiger partial charge < -0.3 is 9.88 Å². The molecule has 1 aromatic heterocycles. The van der Waals surface area contributed by atoms with Crippen LogP contribution in [0, 0.1) is 0 Å². The lowest BCUT2D eigenvalue weighted by molar-refractivity contribution is -0.136. The molecule has 0 amide bonds. The van der Waals surface area contributed by atoms with Crippen LogP contribution >= 0.6 is 0 Å². The Kier molecular flexibility index (Phi) is 4.25. The van der Waals surface area contributed by atoms with Crippen molar-refractivity contribution in [1.29, 1.82) is 0 Å². The maximum absolute atomic E-state index is 12.0. The average molecular weight is 248 g/mol. The van der Waals surface area contributed by atoms with Gasteiger partial charge in [0.15, 0.2) is 0 Å². The minimum atomic E-state index is -4.09. The van der Waals surface area contributed by atoms with Crippen molar-refractivity contribution in [3.8, 4) is 0 Å². The molecule has 0 spiro atoms. The fourth-order valence-corrected chi connectivity index (χ4v) is 1.36. The van der Waals surface area contributed by atoms with Crippen LogP contribution in [0.1, 0.15) is 32.8 Å². The molecule has 2 nitrogen and oxygen atoms in total. The third-order valence-electron chi connectivity index (χ3n) is 2.29. The van der Waals surface area contributed by atoms with Gasteiger partial charge in [0.1, 0.15) is 0 Å². The second-order valence-electron chi connectivity index (χ2n) is 5.23. The van der Waals surface area contributed by atoms with Crippen molar-refractivity contribution < 1.29 is 13.2 Å². The largest absolute Gasteiger partial charge is 0.390 e. The highest BCUT2D eigenvalue weighted by atomic mass is 19.4. The summed E-state index contributed by atoms with van der Waals surface area (Å²) in [4.78, 5) is 0. The van der Waals surface area contributed by atoms with Gasteiger partial charge >= 0.3 is 6.18 Å². The first-order valence-electron chi connectivity index (χ1n) is 5.62. The van der Waals surface area contributed by atoms with Crippen molar-refractivity contribution in [3.05, 3.63) is 24.0 Å². The van der Waals surface area contributed by atoms with E-state index in [1.807, 2.05) is 26.8 Å². The topological polar surface area (TPSA) is 17.0 Å². The van der Waals surface area contributed by atoms with E-state index in [0.717, 1.165) is 5.56 Å². The minimum Gasteiger partial charge on any atom is -0.354 e. The van der Waals surface area contributed by atoms with Crippen molar-refractivity contribution in [2.45, 2.75) is 52.0 Å². The maximum atomic E-state index is 12.0. The molecule has 5 heteroatoms. The van der Waals surface area contributed by atoms with E-state index in [1.165, 1.54) is 0 Å². The van der Waals surface area contributed by atoms with E-state index >= 15 is 0 Å². The van der Waals surface area contributed by atoms with Crippen LogP contribution in [-0.4, -0.2) is 16.3 Å². The molecule has 0 aliphatic carbocycles. The molecule has 17 heavy (non-hydrogen) atoms. The van der Waals surface area contributed by atoms with Crippen LogP contribution in [0.2, 0.25) is 0 Å². The zero-order valence-electron chi connectivity index (χ0n) is 10.4. The van der Waals surface area contributed by atoms with Gasteiger partial charge in [-0.2, -0.15) is 13.2 Å². The highest BCUT2D eigenvalue weighted by Gasteiger charge is 2.26. The molecule has 0 aliphatic heterocycles. The van der Waals surface area contributed by atoms with Gasteiger partial charge in [0.2, 0.25) is 0 Å². The van der Waals surface area contributed by atoms with Crippen molar-refractivity contribution in [3.63, 3.8) is 0 Å². The zero-order valence-corrected chi connectivity index (χ0v) is 10.4. The molecule has 0 unspecified atom stereocenters. The van der Waals surface area contributed by atoms with Crippen molar-refractivity contribution in [2.24, 2.45) is 0 Å². The number of nitrogens with zero attached hydrogens (tertiary/aromatic N) is 1. The lowest BCUT2D eigenvalue weighted by atomic mass is 10.1. The van der Waals surface area contributed by atoms with Gasteiger partial charge in [0, 0.05) is 31.0 Å². The third kappa shape index (κ3) is 6.36. The second kappa shape index (κ2) is 5.12. The molecule has 0 aliphatic rings. The van der Waals surface area contributed by atoms with Crippen LogP contribution < -0.4 is 5.32 Å². The number of aromatic nitrogens is 1. The fourth-order valence-electron chi connectivity index (χ4n) is 1.36. The Bertz CT molecular complexity index is 315. The van der Waals surface area contributed by atoms with Crippen LogP contribution in [0.15, 0.2) is 18.5 Å². The highest BCUT2D eigenvalue weighted by molar-refractivity contribution is 5.10. The molecule has 1 rings (SSSR count). The quantitative estimate of drug-likeness (QED) is 0.864. The smallest absolute Gasteiger partial charge is 0.354 e. The zero-order chi connectivity index (χ0) is 13.1. The summed E-state index contributed by atoms with van der Waals surface area (Å²) in [6, 6.07) is 1.84. The Balaban J connectivity index is 2.43. The number of hydrogen-bond acceptors (Lipinski definition) is 1. The number of rotatable bonds is 4. The Hall–Kier alpha value is -0.970. The summed E-state index contributed by atoms with van der Waals surface area (Å²) in [5, 5.41) is 3.29. The summed E-state index contributed by atoms with van der Waals surface area (Å²) in [6.07, 6.45) is -1.43. The van der Waals surface area contributed by atoms with Gasteiger partial charge in [-0.05, 0) is 32.4 Å². The van der Waals surface area contributed by atoms with Gasteiger partial charge in [-0.25, -0.2) is 0 Å². The molecule has 0 radical (unpaired) electrons. The Morgan fingerprint density at radius 1 is 1.24 bits per heavy atom. The van der Waals surface area contributed by atoms with Crippen LogP contribution in [0.4, 0.5) is 13.2 Å². The maximum Gasteiger partial charge on any atom is 0.390 e. The van der Waals surface area contributed by atoms with E-state index in [9.17, 15) is 13.2 Å². The molecular weight excluding hydrogens is 229 g/mol. The molecule has 0 bridgehead atoms. The minimum absolute atomic E-state index is 0.00801. The second-order valence-corrected chi connectivity index (χ2v) is 5.23. The van der Waals surface area contributed by atoms with Crippen LogP contribution in [-0.2, 0) is 13.1 Å². The molecular formula is C12H19F3N2. The summed E-state index contributed by atoms with van der Waals surface area (Å²) in [6.45, 7) is 6.80. The SMILES string of the molecule is CC(C)(C)NCc1ccn(CCC(F)(F)F)c1. The van der Waals surface area contributed by atoms with E-state index in [1.54, 1.807) is 17.0 Å². The number of alkyl halides is 3.